The number of fused-ring (bicyclic) bond motifs is 1. The second-order valence-electron chi connectivity index (χ2n) is 3.26. The number of thioether (sulfide) groups is 1. The Kier molecular flexibility index (Phi) is 1.89. The van der Waals surface area contributed by atoms with E-state index < -0.39 is 0 Å². The van der Waals surface area contributed by atoms with Gasteiger partial charge in [-0.05, 0) is 18.9 Å². The van der Waals surface area contributed by atoms with Gasteiger partial charge in [0.1, 0.15) is 0 Å². The molecule has 2 nitrogen and oxygen atoms in total. The van der Waals surface area contributed by atoms with Crippen LogP contribution in [0.3, 0.4) is 0 Å². The normalized spacial score (nSPS) is 40.5. The van der Waals surface area contributed by atoms with Crippen LogP contribution >= 0.6 is 11.8 Å². The molecule has 2 rings (SSSR count). The van der Waals surface area contributed by atoms with Crippen molar-refractivity contribution in [2.45, 2.75) is 12.5 Å². The van der Waals surface area contributed by atoms with Crippen LogP contribution < -0.4 is 5.73 Å². The van der Waals surface area contributed by atoms with Crippen molar-refractivity contribution >= 4 is 11.8 Å². The van der Waals surface area contributed by atoms with Crippen LogP contribution in [0.15, 0.2) is 0 Å². The highest BCUT2D eigenvalue weighted by Crippen LogP contribution is 2.31. The first kappa shape index (κ1) is 6.95. The Morgan fingerprint density at radius 2 is 2.50 bits per heavy atom. The van der Waals surface area contributed by atoms with E-state index >= 15 is 0 Å². The molecule has 0 bridgehead atoms. The molecule has 2 atom stereocenters. The van der Waals surface area contributed by atoms with E-state index in [1.165, 1.54) is 24.6 Å². The summed E-state index contributed by atoms with van der Waals surface area (Å²) in [5.74, 6) is 3.39. The van der Waals surface area contributed by atoms with Gasteiger partial charge in [-0.1, -0.05) is 0 Å². The van der Waals surface area contributed by atoms with Crippen molar-refractivity contribution in [3.05, 3.63) is 0 Å². The van der Waals surface area contributed by atoms with Crippen LogP contribution in [0.4, 0.5) is 0 Å². The highest BCUT2D eigenvalue weighted by molar-refractivity contribution is 7.99. The highest BCUT2D eigenvalue weighted by Gasteiger charge is 2.34. The molecule has 2 heterocycles. The molecule has 0 unspecified atom stereocenters. The number of hydrogen-bond acceptors (Lipinski definition) is 3. The minimum absolute atomic E-state index is 0.797. The molecule has 0 aromatic heterocycles. The van der Waals surface area contributed by atoms with Gasteiger partial charge < -0.3 is 5.73 Å². The summed E-state index contributed by atoms with van der Waals surface area (Å²) in [5, 5.41) is 0. The van der Waals surface area contributed by atoms with Gasteiger partial charge in [-0.3, -0.25) is 4.90 Å². The monoisotopic (exact) mass is 158 g/mol. The molecule has 0 amide bonds. The highest BCUT2D eigenvalue weighted by atomic mass is 32.2. The summed E-state index contributed by atoms with van der Waals surface area (Å²) in [6.45, 7) is 2.14. The van der Waals surface area contributed by atoms with Crippen LogP contribution in [0.1, 0.15) is 6.42 Å². The van der Waals surface area contributed by atoms with Gasteiger partial charge in [-0.2, -0.15) is 0 Å². The molecule has 0 aliphatic carbocycles. The Bertz CT molecular complexity index is 117. The number of rotatable bonds is 1. The SMILES string of the molecule is NC[C@H]1C[C@H]2CSCN2C1. The van der Waals surface area contributed by atoms with Gasteiger partial charge in [0.05, 0.1) is 0 Å². The molecule has 0 saturated carbocycles. The third-order valence-corrected chi connectivity index (χ3v) is 3.65. The zero-order valence-electron chi connectivity index (χ0n) is 6.12. The van der Waals surface area contributed by atoms with Gasteiger partial charge >= 0.3 is 0 Å². The molecule has 2 N–H and O–H groups in total. The summed E-state index contributed by atoms with van der Waals surface area (Å²) in [6.07, 6.45) is 1.35. The van der Waals surface area contributed by atoms with E-state index in [-0.39, 0.29) is 0 Å². The Morgan fingerprint density at radius 3 is 3.20 bits per heavy atom. The van der Waals surface area contributed by atoms with E-state index in [4.69, 9.17) is 5.73 Å². The predicted octanol–water partition coefficient (Wildman–Crippen LogP) is 0.340. The molecule has 2 fully saturated rings. The Balaban J connectivity index is 1.94. The van der Waals surface area contributed by atoms with Crippen LogP contribution in [0.2, 0.25) is 0 Å². The summed E-state index contributed by atoms with van der Waals surface area (Å²) in [4.78, 5) is 2.57. The third kappa shape index (κ3) is 1.06. The predicted molar refractivity (Wildman–Crippen MR) is 45.0 cm³/mol. The van der Waals surface area contributed by atoms with Gasteiger partial charge in [0.25, 0.3) is 0 Å². The van der Waals surface area contributed by atoms with E-state index in [2.05, 4.69) is 16.7 Å². The van der Waals surface area contributed by atoms with E-state index in [1.54, 1.807) is 0 Å². The van der Waals surface area contributed by atoms with Crippen molar-refractivity contribution in [1.82, 2.24) is 4.90 Å². The first-order chi connectivity index (χ1) is 4.90. The number of nitrogens with two attached hydrogens (primary N) is 1. The molecule has 10 heavy (non-hydrogen) atoms. The van der Waals surface area contributed by atoms with Crippen LogP contribution in [0.5, 0.6) is 0 Å². The first-order valence-corrected chi connectivity index (χ1v) is 5.07. The lowest BCUT2D eigenvalue weighted by Gasteiger charge is -2.11. The molecule has 58 valence electrons. The molecular formula is C7H14N2S. The average molecular weight is 158 g/mol. The topological polar surface area (TPSA) is 29.3 Å². The van der Waals surface area contributed by atoms with Gasteiger partial charge in [0, 0.05) is 24.2 Å². The quantitative estimate of drug-likeness (QED) is 0.596. The maximum atomic E-state index is 5.60. The molecule has 0 radical (unpaired) electrons. The first-order valence-electron chi connectivity index (χ1n) is 3.92. The van der Waals surface area contributed by atoms with Crippen molar-refractivity contribution in [1.29, 1.82) is 0 Å². The molecule has 0 spiro atoms. The largest absolute Gasteiger partial charge is 0.330 e. The number of hydrogen-bond donors (Lipinski definition) is 1. The molecular weight excluding hydrogens is 144 g/mol. The van der Waals surface area contributed by atoms with Crippen molar-refractivity contribution in [3.63, 3.8) is 0 Å². The lowest BCUT2D eigenvalue weighted by Crippen LogP contribution is -2.24. The summed E-state index contributed by atoms with van der Waals surface area (Å²) in [5.41, 5.74) is 5.60. The fourth-order valence-corrected chi connectivity index (χ4v) is 3.17. The maximum Gasteiger partial charge on any atom is 0.0448 e. The third-order valence-electron chi connectivity index (χ3n) is 2.52. The Hall–Kier alpha value is 0.270. The zero-order chi connectivity index (χ0) is 6.97. The lowest BCUT2D eigenvalue weighted by molar-refractivity contribution is 0.332. The van der Waals surface area contributed by atoms with E-state index in [0.717, 1.165) is 18.5 Å². The molecule has 3 heteroatoms. The zero-order valence-corrected chi connectivity index (χ0v) is 6.94. The summed E-state index contributed by atoms with van der Waals surface area (Å²) < 4.78 is 0. The van der Waals surface area contributed by atoms with Gasteiger partial charge in [0.2, 0.25) is 0 Å². The second kappa shape index (κ2) is 2.72. The Morgan fingerprint density at radius 1 is 1.60 bits per heavy atom. The van der Waals surface area contributed by atoms with Crippen molar-refractivity contribution in [2.24, 2.45) is 11.7 Å². The maximum absolute atomic E-state index is 5.60. The van der Waals surface area contributed by atoms with Crippen LogP contribution in [0.25, 0.3) is 0 Å². The van der Waals surface area contributed by atoms with E-state index in [9.17, 15) is 0 Å². The van der Waals surface area contributed by atoms with E-state index in [0.29, 0.717) is 0 Å². The fourth-order valence-electron chi connectivity index (χ4n) is 1.90. The molecule has 2 aliphatic heterocycles. The molecule has 0 aromatic rings. The smallest absolute Gasteiger partial charge is 0.0448 e. The van der Waals surface area contributed by atoms with Crippen LogP contribution in [-0.4, -0.2) is 35.7 Å². The standard InChI is InChI=1S/C7H14N2S/c8-2-6-1-7-4-10-5-9(7)3-6/h6-7H,1-5,8H2/t6-,7+/m1/s1. The van der Waals surface area contributed by atoms with Crippen molar-refractivity contribution < 1.29 is 0 Å². The number of nitrogens with zero attached hydrogens (tertiary/aromatic N) is 1. The van der Waals surface area contributed by atoms with Crippen LogP contribution in [-0.2, 0) is 0 Å². The van der Waals surface area contributed by atoms with Gasteiger partial charge in [-0.25, -0.2) is 0 Å². The van der Waals surface area contributed by atoms with Crippen molar-refractivity contribution in [2.75, 3.05) is 24.7 Å². The van der Waals surface area contributed by atoms with Crippen LogP contribution in [0, 0.1) is 5.92 Å². The molecule has 2 aliphatic rings. The fraction of sp³-hybridized carbons (Fsp3) is 1.00. The summed E-state index contributed by atoms with van der Waals surface area (Å²) in [6, 6.07) is 0.874. The molecule has 0 aromatic carbocycles. The average Bonchev–Trinajstić information content (AvgIpc) is 2.42. The Labute approximate surface area is 66.1 Å². The van der Waals surface area contributed by atoms with Gasteiger partial charge in [-0.15, -0.1) is 11.8 Å². The van der Waals surface area contributed by atoms with E-state index in [1.807, 2.05) is 0 Å². The minimum atomic E-state index is 0.797. The van der Waals surface area contributed by atoms with Gasteiger partial charge in [0.15, 0.2) is 0 Å². The summed E-state index contributed by atoms with van der Waals surface area (Å²) in [7, 11) is 0. The van der Waals surface area contributed by atoms with Crippen molar-refractivity contribution in [3.8, 4) is 0 Å². The summed E-state index contributed by atoms with van der Waals surface area (Å²) >= 11 is 2.06. The lowest BCUT2D eigenvalue weighted by atomic mass is 10.1. The second-order valence-corrected chi connectivity index (χ2v) is 4.26. The molecule has 2 saturated heterocycles. The minimum Gasteiger partial charge on any atom is -0.330 e.